The Kier molecular flexibility index (Phi) is 3.73. The van der Waals surface area contributed by atoms with Gasteiger partial charge in [-0.1, -0.05) is 11.6 Å². The molecule has 0 fully saturated rings. The summed E-state index contributed by atoms with van der Waals surface area (Å²) < 4.78 is 1.29. The summed E-state index contributed by atoms with van der Waals surface area (Å²) in [7, 11) is 0. The van der Waals surface area contributed by atoms with Gasteiger partial charge in [-0.05, 0) is 22.0 Å². The van der Waals surface area contributed by atoms with Crippen LogP contribution in [-0.4, -0.2) is 22.3 Å². The first-order valence-electron chi connectivity index (χ1n) is 3.35. The Bertz CT molecular complexity index is 306. The second-order valence-corrected chi connectivity index (χ2v) is 4.99. The highest BCUT2D eigenvalue weighted by atomic mass is 79.9. The van der Waals surface area contributed by atoms with Gasteiger partial charge in [-0.15, -0.1) is 11.3 Å². The third-order valence-electron chi connectivity index (χ3n) is 1.38. The van der Waals surface area contributed by atoms with Crippen molar-refractivity contribution in [1.29, 1.82) is 0 Å². The summed E-state index contributed by atoms with van der Waals surface area (Å²) >= 11 is 10.2. The van der Waals surface area contributed by atoms with Crippen molar-refractivity contribution in [3.8, 4) is 0 Å². The maximum Gasteiger partial charge on any atom is 0.332 e. The van der Waals surface area contributed by atoms with Gasteiger partial charge >= 0.3 is 5.97 Å². The molecule has 1 aromatic heterocycles. The molecule has 0 bridgehead atoms. The molecule has 0 saturated heterocycles. The Labute approximate surface area is 92.1 Å². The van der Waals surface area contributed by atoms with Crippen molar-refractivity contribution in [3.63, 3.8) is 0 Å². The molecule has 13 heavy (non-hydrogen) atoms. The number of aliphatic hydroxyl groups is 1. The fourth-order valence-electron chi connectivity index (χ4n) is 0.770. The molecule has 1 aromatic rings. The highest BCUT2D eigenvalue weighted by Gasteiger charge is 2.15. The molecule has 0 aliphatic heterocycles. The molecule has 2 N–H and O–H groups in total. The third kappa shape index (κ3) is 2.95. The van der Waals surface area contributed by atoms with Crippen LogP contribution in [-0.2, 0) is 11.2 Å². The van der Waals surface area contributed by atoms with Crippen molar-refractivity contribution in [2.45, 2.75) is 12.5 Å². The van der Waals surface area contributed by atoms with Gasteiger partial charge in [0, 0.05) is 15.8 Å². The molecule has 0 spiro atoms. The molecule has 3 nitrogen and oxygen atoms in total. The van der Waals surface area contributed by atoms with E-state index in [1.807, 2.05) is 0 Å². The molecule has 1 atom stereocenters. The number of rotatable bonds is 3. The van der Waals surface area contributed by atoms with E-state index >= 15 is 0 Å². The summed E-state index contributed by atoms with van der Waals surface area (Å²) in [5.41, 5.74) is 0. The van der Waals surface area contributed by atoms with Crippen LogP contribution in [0.15, 0.2) is 10.5 Å². The van der Waals surface area contributed by atoms with Gasteiger partial charge < -0.3 is 10.2 Å². The van der Waals surface area contributed by atoms with E-state index < -0.39 is 12.1 Å². The van der Waals surface area contributed by atoms with Crippen molar-refractivity contribution in [2.24, 2.45) is 0 Å². The number of aliphatic carboxylic acids is 1. The number of carboxylic acid groups (broad SMARTS) is 1. The molecule has 0 aromatic carbocycles. The van der Waals surface area contributed by atoms with Gasteiger partial charge in [-0.25, -0.2) is 4.79 Å². The van der Waals surface area contributed by atoms with Gasteiger partial charge in [-0.3, -0.25) is 0 Å². The van der Waals surface area contributed by atoms with E-state index in [2.05, 4.69) is 15.9 Å². The molecular formula is C7H6BrClO3S. The fourth-order valence-corrected chi connectivity index (χ4v) is 2.60. The molecular weight excluding hydrogens is 279 g/mol. The topological polar surface area (TPSA) is 57.5 Å². The normalized spacial score (nSPS) is 12.8. The lowest BCUT2D eigenvalue weighted by molar-refractivity contribution is -0.146. The van der Waals surface area contributed by atoms with Crippen molar-refractivity contribution >= 4 is 44.8 Å². The van der Waals surface area contributed by atoms with Crippen molar-refractivity contribution < 1.29 is 15.0 Å². The second-order valence-electron chi connectivity index (χ2n) is 2.39. The van der Waals surface area contributed by atoms with Crippen LogP contribution < -0.4 is 0 Å². The van der Waals surface area contributed by atoms with Crippen LogP contribution in [0.5, 0.6) is 0 Å². The average molecular weight is 286 g/mol. The summed E-state index contributed by atoms with van der Waals surface area (Å²) in [5.74, 6) is -1.22. The Balaban J connectivity index is 2.69. The van der Waals surface area contributed by atoms with Crippen molar-refractivity contribution in [3.05, 3.63) is 19.8 Å². The van der Waals surface area contributed by atoms with Gasteiger partial charge in [0.2, 0.25) is 0 Å². The van der Waals surface area contributed by atoms with Crippen LogP contribution in [0.2, 0.25) is 4.34 Å². The number of hydrogen-bond donors (Lipinski definition) is 2. The summed E-state index contributed by atoms with van der Waals surface area (Å²) in [5, 5.41) is 17.5. The van der Waals surface area contributed by atoms with Gasteiger partial charge in [0.1, 0.15) is 4.34 Å². The van der Waals surface area contributed by atoms with E-state index in [-0.39, 0.29) is 6.42 Å². The second kappa shape index (κ2) is 4.41. The van der Waals surface area contributed by atoms with E-state index in [1.165, 1.54) is 11.3 Å². The Morgan fingerprint density at radius 2 is 2.38 bits per heavy atom. The monoisotopic (exact) mass is 284 g/mol. The zero-order valence-corrected chi connectivity index (χ0v) is 9.49. The molecule has 1 heterocycles. The first-order chi connectivity index (χ1) is 6.00. The number of halogens is 2. The average Bonchev–Trinajstić information content (AvgIpc) is 2.31. The van der Waals surface area contributed by atoms with Gasteiger partial charge in [0.15, 0.2) is 6.10 Å². The first kappa shape index (κ1) is 11.0. The smallest absolute Gasteiger partial charge is 0.332 e. The molecule has 0 saturated carbocycles. The zero-order valence-electron chi connectivity index (χ0n) is 6.33. The molecule has 0 unspecified atom stereocenters. The largest absolute Gasteiger partial charge is 0.479 e. The Morgan fingerprint density at radius 3 is 2.77 bits per heavy atom. The number of aliphatic hydroxyl groups excluding tert-OH is 1. The van der Waals surface area contributed by atoms with Crippen LogP contribution in [0.4, 0.5) is 0 Å². The van der Waals surface area contributed by atoms with E-state index in [0.717, 1.165) is 9.35 Å². The van der Waals surface area contributed by atoms with Gasteiger partial charge in [0.05, 0.1) is 0 Å². The molecule has 0 radical (unpaired) electrons. The van der Waals surface area contributed by atoms with Gasteiger partial charge in [-0.2, -0.15) is 0 Å². The van der Waals surface area contributed by atoms with Crippen molar-refractivity contribution in [1.82, 2.24) is 0 Å². The SMILES string of the molecule is O=C(O)[C@@H](O)Cc1cc(Br)c(Cl)s1. The van der Waals surface area contributed by atoms with Crippen molar-refractivity contribution in [2.75, 3.05) is 0 Å². The van der Waals surface area contributed by atoms with E-state index in [1.54, 1.807) is 6.07 Å². The predicted octanol–water partition coefficient (Wildman–Crippen LogP) is 2.15. The number of hydrogen-bond acceptors (Lipinski definition) is 3. The standard InChI is InChI=1S/C7H6BrClO3S/c8-4-1-3(13-6(4)9)2-5(10)7(11)12/h1,5,10H,2H2,(H,11,12)/t5-/m0/s1. The van der Waals surface area contributed by atoms with Crippen LogP contribution in [0.3, 0.4) is 0 Å². The minimum Gasteiger partial charge on any atom is -0.479 e. The maximum atomic E-state index is 10.3. The summed E-state index contributed by atoms with van der Waals surface area (Å²) in [4.78, 5) is 11.0. The molecule has 6 heteroatoms. The molecule has 0 aliphatic carbocycles. The fraction of sp³-hybridized carbons (Fsp3) is 0.286. The lowest BCUT2D eigenvalue weighted by atomic mass is 10.2. The van der Waals surface area contributed by atoms with Crippen LogP contribution in [0, 0.1) is 0 Å². The quantitative estimate of drug-likeness (QED) is 0.895. The third-order valence-corrected chi connectivity index (χ3v) is 3.87. The lowest BCUT2D eigenvalue weighted by Gasteiger charge is -2.01. The zero-order chi connectivity index (χ0) is 10.0. The summed E-state index contributed by atoms with van der Waals surface area (Å²) in [6.07, 6.45) is -1.27. The van der Waals surface area contributed by atoms with Crippen LogP contribution in [0.1, 0.15) is 4.88 Å². The summed E-state index contributed by atoms with van der Waals surface area (Å²) in [6.45, 7) is 0. The molecule has 0 aliphatic rings. The minimum absolute atomic E-state index is 0.0886. The van der Waals surface area contributed by atoms with E-state index in [9.17, 15) is 4.79 Å². The Hall–Kier alpha value is -0.100. The first-order valence-corrected chi connectivity index (χ1v) is 5.34. The van der Waals surface area contributed by atoms with E-state index in [4.69, 9.17) is 21.8 Å². The molecule has 1 rings (SSSR count). The highest BCUT2D eigenvalue weighted by molar-refractivity contribution is 9.10. The Morgan fingerprint density at radius 1 is 1.77 bits per heavy atom. The number of carboxylic acids is 1. The summed E-state index contributed by atoms with van der Waals surface area (Å²) in [6, 6.07) is 1.71. The highest BCUT2D eigenvalue weighted by Crippen LogP contribution is 2.32. The van der Waals surface area contributed by atoms with Gasteiger partial charge in [0.25, 0.3) is 0 Å². The molecule has 72 valence electrons. The van der Waals surface area contributed by atoms with Crippen LogP contribution in [0.25, 0.3) is 0 Å². The minimum atomic E-state index is -1.36. The number of carbonyl (C=O) groups is 1. The molecule has 0 amide bonds. The van der Waals surface area contributed by atoms with E-state index in [0.29, 0.717) is 4.34 Å². The lowest BCUT2D eigenvalue weighted by Crippen LogP contribution is -2.21. The predicted molar refractivity (Wildman–Crippen MR) is 54.4 cm³/mol. The number of thiophene rings is 1. The maximum absolute atomic E-state index is 10.3. The van der Waals surface area contributed by atoms with Crippen LogP contribution >= 0.6 is 38.9 Å².